The largest absolute Gasteiger partial charge is 0.497 e. The summed E-state index contributed by atoms with van der Waals surface area (Å²) in [5, 5.41) is 10.6. The second kappa shape index (κ2) is 6.40. The molecular formula is C16H25NO2. The number of ether oxygens (including phenoxy) is 1. The third-order valence-corrected chi connectivity index (χ3v) is 4.14. The second-order valence-electron chi connectivity index (χ2n) is 5.26. The van der Waals surface area contributed by atoms with Crippen LogP contribution in [-0.4, -0.2) is 36.2 Å². The Kier molecular flexibility index (Phi) is 4.83. The standard InChI is InChI=1S/C16H25NO2/c1-4-6-9-17(5-2)15-10-12-7-8-13(19-3)11-14(12)16(15)18/h7-8,11,15-16,18H,4-6,9-10H2,1-3H3. The van der Waals surface area contributed by atoms with E-state index in [1.54, 1.807) is 7.11 Å². The highest BCUT2D eigenvalue weighted by Gasteiger charge is 2.34. The Morgan fingerprint density at radius 3 is 2.79 bits per heavy atom. The summed E-state index contributed by atoms with van der Waals surface area (Å²) in [5.41, 5.74) is 2.30. The summed E-state index contributed by atoms with van der Waals surface area (Å²) in [6.07, 6.45) is 2.94. The van der Waals surface area contributed by atoms with Crippen molar-refractivity contribution in [3.8, 4) is 5.75 Å². The number of aliphatic hydroxyl groups excluding tert-OH is 1. The molecule has 1 aromatic rings. The van der Waals surface area contributed by atoms with Crippen molar-refractivity contribution >= 4 is 0 Å². The predicted molar refractivity (Wildman–Crippen MR) is 77.6 cm³/mol. The zero-order valence-corrected chi connectivity index (χ0v) is 12.2. The van der Waals surface area contributed by atoms with Crippen LogP contribution in [0.1, 0.15) is 43.9 Å². The number of rotatable bonds is 6. The summed E-state index contributed by atoms with van der Waals surface area (Å²) >= 11 is 0. The Morgan fingerprint density at radius 1 is 1.37 bits per heavy atom. The van der Waals surface area contributed by atoms with Crippen LogP contribution in [0.5, 0.6) is 5.75 Å². The Bertz CT molecular complexity index is 419. The number of benzene rings is 1. The van der Waals surface area contributed by atoms with E-state index in [0.717, 1.165) is 30.8 Å². The van der Waals surface area contributed by atoms with Gasteiger partial charge < -0.3 is 9.84 Å². The highest BCUT2D eigenvalue weighted by Crippen LogP contribution is 2.36. The SMILES string of the molecule is CCCCN(CC)C1Cc2ccc(OC)cc2C1O. The molecule has 1 aliphatic rings. The van der Waals surface area contributed by atoms with Crippen LogP contribution in [0, 0.1) is 0 Å². The molecule has 0 amide bonds. The van der Waals surface area contributed by atoms with Crippen molar-refractivity contribution in [3.63, 3.8) is 0 Å². The molecule has 1 aliphatic carbocycles. The molecule has 0 spiro atoms. The minimum absolute atomic E-state index is 0.221. The molecule has 3 nitrogen and oxygen atoms in total. The fraction of sp³-hybridized carbons (Fsp3) is 0.625. The molecule has 1 N–H and O–H groups in total. The van der Waals surface area contributed by atoms with Gasteiger partial charge in [0.25, 0.3) is 0 Å². The van der Waals surface area contributed by atoms with Crippen molar-refractivity contribution in [1.29, 1.82) is 0 Å². The quantitative estimate of drug-likeness (QED) is 0.856. The van der Waals surface area contributed by atoms with Crippen molar-refractivity contribution in [2.75, 3.05) is 20.2 Å². The number of hydrogen-bond acceptors (Lipinski definition) is 3. The van der Waals surface area contributed by atoms with Crippen molar-refractivity contribution in [3.05, 3.63) is 29.3 Å². The number of nitrogens with zero attached hydrogens (tertiary/aromatic N) is 1. The van der Waals surface area contributed by atoms with Gasteiger partial charge in [0.1, 0.15) is 5.75 Å². The summed E-state index contributed by atoms with van der Waals surface area (Å²) in [6, 6.07) is 6.27. The van der Waals surface area contributed by atoms with Gasteiger partial charge in [0.15, 0.2) is 0 Å². The highest BCUT2D eigenvalue weighted by molar-refractivity contribution is 5.41. The maximum atomic E-state index is 10.6. The monoisotopic (exact) mass is 263 g/mol. The molecule has 0 aromatic heterocycles. The Labute approximate surface area is 116 Å². The van der Waals surface area contributed by atoms with E-state index >= 15 is 0 Å². The van der Waals surface area contributed by atoms with Crippen molar-refractivity contribution in [2.45, 2.75) is 45.3 Å². The lowest BCUT2D eigenvalue weighted by Gasteiger charge is -2.30. The van der Waals surface area contributed by atoms with Crippen LogP contribution in [0.25, 0.3) is 0 Å². The number of likely N-dealkylation sites (N-methyl/N-ethyl adjacent to an activating group) is 1. The molecule has 3 heteroatoms. The molecule has 19 heavy (non-hydrogen) atoms. The number of methoxy groups -OCH3 is 1. The molecule has 2 unspecified atom stereocenters. The molecule has 0 heterocycles. The van der Waals surface area contributed by atoms with Gasteiger partial charge >= 0.3 is 0 Å². The number of unbranched alkanes of at least 4 members (excludes halogenated alkanes) is 1. The van der Waals surface area contributed by atoms with Crippen LogP contribution in [0.2, 0.25) is 0 Å². The van der Waals surface area contributed by atoms with E-state index in [4.69, 9.17) is 4.74 Å². The van der Waals surface area contributed by atoms with Gasteiger partial charge in [-0.15, -0.1) is 0 Å². The molecule has 0 aliphatic heterocycles. The third kappa shape index (κ3) is 2.93. The molecule has 0 fully saturated rings. The zero-order valence-electron chi connectivity index (χ0n) is 12.2. The number of fused-ring (bicyclic) bond motifs is 1. The van der Waals surface area contributed by atoms with Crippen LogP contribution in [-0.2, 0) is 6.42 Å². The normalized spacial score (nSPS) is 21.7. The molecule has 1 aromatic carbocycles. The van der Waals surface area contributed by atoms with Gasteiger partial charge in [0.2, 0.25) is 0 Å². The van der Waals surface area contributed by atoms with Crippen LogP contribution in [0.3, 0.4) is 0 Å². The maximum absolute atomic E-state index is 10.6. The predicted octanol–water partition coefficient (Wildman–Crippen LogP) is 2.78. The zero-order chi connectivity index (χ0) is 13.8. The van der Waals surface area contributed by atoms with Crippen molar-refractivity contribution < 1.29 is 9.84 Å². The summed E-state index contributed by atoms with van der Waals surface area (Å²) < 4.78 is 5.25. The minimum Gasteiger partial charge on any atom is -0.497 e. The number of aliphatic hydroxyl groups is 1. The lowest BCUT2D eigenvalue weighted by Crippen LogP contribution is -2.38. The van der Waals surface area contributed by atoms with E-state index in [1.165, 1.54) is 18.4 Å². The molecule has 2 atom stereocenters. The molecular weight excluding hydrogens is 238 g/mol. The van der Waals surface area contributed by atoms with Gasteiger partial charge in [-0.3, -0.25) is 4.90 Å². The first-order valence-electron chi connectivity index (χ1n) is 7.30. The van der Waals surface area contributed by atoms with Crippen molar-refractivity contribution in [1.82, 2.24) is 4.90 Å². The third-order valence-electron chi connectivity index (χ3n) is 4.14. The summed E-state index contributed by atoms with van der Waals surface area (Å²) in [7, 11) is 1.67. The maximum Gasteiger partial charge on any atom is 0.119 e. The Morgan fingerprint density at radius 2 is 2.16 bits per heavy atom. The van der Waals surface area contributed by atoms with Gasteiger partial charge in [-0.2, -0.15) is 0 Å². The van der Waals surface area contributed by atoms with Crippen molar-refractivity contribution in [2.24, 2.45) is 0 Å². The van der Waals surface area contributed by atoms with E-state index < -0.39 is 0 Å². The highest BCUT2D eigenvalue weighted by atomic mass is 16.5. The average molecular weight is 263 g/mol. The molecule has 2 rings (SSSR count). The Balaban J connectivity index is 2.14. The smallest absolute Gasteiger partial charge is 0.119 e. The molecule has 0 saturated carbocycles. The summed E-state index contributed by atoms with van der Waals surface area (Å²) in [4.78, 5) is 2.40. The van der Waals surface area contributed by atoms with Crippen LogP contribution >= 0.6 is 0 Å². The first-order chi connectivity index (χ1) is 9.21. The van der Waals surface area contributed by atoms with Gasteiger partial charge in [-0.05, 0) is 49.2 Å². The van der Waals surface area contributed by atoms with E-state index in [-0.39, 0.29) is 12.1 Å². The fourth-order valence-electron chi connectivity index (χ4n) is 2.95. The topological polar surface area (TPSA) is 32.7 Å². The molecule has 0 radical (unpaired) electrons. The molecule has 0 bridgehead atoms. The summed E-state index contributed by atoms with van der Waals surface area (Å²) in [5.74, 6) is 0.829. The first kappa shape index (κ1) is 14.4. The summed E-state index contributed by atoms with van der Waals surface area (Å²) in [6.45, 7) is 6.44. The first-order valence-corrected chi connectivity index (χ1v) is 7.30. The fourth-order valence-corrected chi connectivity index (χ4v) is 2.95. The average Bonchev–Trinajstić information content (AvgIpc) is 2.77. The van der Waals surface area contributed by atoms with E-state index in [2.05, 4.69) is 24.8 Å². The van der Waals surface area contributed by atoms with Crippen LogP contribution < -0.4 is 4.74 Å². The van der Waals surface area contributed by atoms with Crippen LogP contribution in [0.4, 0.5) is 0 Å². The molecule has 0 saturated heterocycles. The van der Waals surface area contributed by atoms with E-state index in [9.17, 15) is 5.11 Å². The van der Waals surface area contributed by atoms with Gasteiger partial charge in [-0.1, -0.05) is 26.3 Å². The van der Waals surface area contributed by atoms with Gasteiger partial charge in [-0.25, -0.2) is 0 Å². The molecule has 106 valence electrons. The Hall–Kier alpha value is -1.06. The number of hydrogen-bond donors (Lipinski definition) is 1. The minimum atomic E-state index is -0.387. The van der Waals surface area contributed by atoms with Gasteiger partial charge in [0.05, 0.1) is 13.2 Å². The van der Waals surface area contributed by atoms with E-state index in [0.29, 0.717) is 0 Å². The van der Waals surface area contributed by atoms with E-state index in [1.807, 2.05) is 12.1 Å². The lowest BCUT2D eigenvalue weighted by molar-refractivity contribution is 0.0627. The van der Waals surface area contributed by atoms with Crippen LogP contribution in [0.15, 0.2) is 18.2 Å². The second-order valence-corrected chi connectivity index (χ2v) is 5.26. The lowest BCUT2D eigenvalue weighted by atomic mass is 10.1. The van der Waals surface area contributed by atoms with Gasteiger partial charge in [0, 0.05) is 6.04 Å².